The third-order valence-corrected chi connectivity index (χ3v) is 5.88. The Morgan fingerprint density at radius 2 is 1.87 bits per heavy atom. The van der Waals surface area contributed by atoms with Crippen LogP contribution in [0.1, 0.15) is 37.0 Å². The summed E-state index contributed by atoms with van der Waals surface area (Å²) in [5.41, 5.74) is 8.02. The van der Waals surface area contributed by atoms with Gasteiger partial charge in [0, 0.05) is 33.9 Å². The maximum Gasteiger partial charge on any atom is 0.251 e. The van der Waals surface area contributed by atoms with Crippen molar-refractivity contribution in [3.63, 3.8) is 0 Å². The monoisotopic (exact) mass is 439 g/mol. The van der Waals surface area contributed by atoms with Crippen molar-refractivity contribution < 1.29 is 19.1 Å². The van der Waals surface area contributed by atoms with Crippen LogP contribution < -0.4 is 15.8 Å². The van der Waals surface area contributed by atoms with E-state index in [9.17, 15) is 14.4 Å². The molecule has 3 aromatic rings. The molecule has 8 heteroatoms. The molecule has 0 saturated heterocycles. The Hall–Kier alpha value is -3.39. The van der Waals surface area contributed by atoms with Crippen molar-refractivity contribution in [2.24, 2.45) is 5.73 Å². The molecule has 0 aliphatic heterocycles. The summed E-state index contributed by atoms with van der Waals surface area (Å²) in [7, 11) is 0. The Morgan fingerprint density at radius 1 is 1.13 bits per heavy atom. The number of ketones is 1. The molecule has 0 unspecified atom stereocenters. The lowest BCUT2D eigenvalue weighted by Gasteiger charge is -2.10. The summed E-state index contributed by atoms with van der Waals surface area (Å²) in [5.74, 6) is -0.640. The molecule has 0 aliphatic carbocycles. The first-order valence-electron chi connectivity index (χ1n) is 9.87. The van der Waals surface area contributed by atoms with Gasteiger partial charge in [-0.05, 0) is 62.0 Å². The molecule has 0 radical (unpaired) electrons. The number of nitrogens with one attached hydrogen (secondary N) is 1. The predicted octanol–water partition coefficient (Wildman–Crippen LogP) is 2.89. The van der Waals surface area contributed by atoms with Crippen LogP contribution in [-0.2, 0) is 17.8 Å². The Labute approximate surface area is 184 Å². The lowest BCUT2D eigenvalue weighted by atomic mass is 10.1. The number of aryl methyl sites for hydroxylation is 2. The lowest BCUT2D eigenvalue weighted by molar-refractivity contribution is -0.117. The van der Waals surface area contributed by atoms with Crippen LogP contribution >= 0.6 is 11.3 Å². The summed E-state index contributed by atoms with van der Waals surface area (Å²) in [4.78, 5) is 36.7. The fraction of sp³-hybridized carbons (Fsp3) is 0.261. The number of Topliss-reactive ketones (excluding diaryl/α,β-unsaturated/α-hetero) is 1. The number of benzene rings is 1. The Morgan fingerprint density at radius 3 is 2.52 bits per heavy atom. The summed E-state index contributed by atoms with van der Waals surface area (Å²) in [6.45, 7) is 4.46. The van der Waals surface area contributed by atoms with Crippen LogP contribution in [-0.4, -0.2) is 35.3 Å². The second-order valence-corrected chi connectivity index (χ2v) is 8.18. The highest BCUT2D eigenvalue weighted by atomic mass is 32.1. The van der Waals surface area contributed by atoms with Crippen molar-refractivity contribution in [3.05, 3.63) is 75.2 Å². The third kappa shape index (κ3) is 5.82. The van der Waals surface area contributed by atoms with E-state index in [0.29, 0.717) is 16.9 Å². The fourth-order valence-corrected chi connectivity index (χ4v) is 4.00. The van der Waals surface area contributed by atoms with E-state index >= 15 is 0 Å². The van der Waals surface area contributed by atoms with Crippen LogP contribution in [0.25, 0.3) is 0 Å². The quantitative estimate of drug-likeness (QED) is 0.474. The van der Waals surface area contributed by atoms with Crippen molar-refractivity contribution in [2.75, 3.05) is 13.2 Å². The number of nitrogens with zero attached hydrogens (tertiary/aromatic N) is 1. The van der Waals surface area contributed by atoms with Gasteiger partial charge in [-0.1, -0.05) is 6.07 Å². The van der Waals surface area contributed by atoms with Crippen molar-refractivity contribution in [2.45, 2.75) is 26.8 Å². The van der Waals surface area contributed by atoms with Gasteiger partial charge in [-0.15, -0.1) is 11.3 Å². The molecule has 0 spiro atoms. The van der Waals surface area contributed by atoms with Crippen LogP contribution in [0, 0.1) is 13.8 Å². The molecule has 0 saturated carbocycles. The molecule has 0 bridgehead atoms. The molecule has 0 aliphatic rings. The number of nitrogens with two attached hydrogens (primary N) is 1. The minimum absolute atomic E-state index is 0.0948. The predicted molar refractivity (Wildman–Crippen MR) is 120 cm³/mol. The van der Waals surface area contributed by atoms with E-state index in [0.717, 1.165) is 24.4 Å². The highest BCUT2D eigenvalue weighted by molar-refractivity contribution is 7.09. The smallest absolute Gasteiger partial charge is 0.251 e. The lowest BCUT2D eigenvalue weighted by Crippen LogP contribution is -2.33. The van der Waals surface area contributed by atoms with Gasteiger partial charge in [0.05, 0.1) is 6.54 Å². The molecule has 2 amide bonds. The highest BCUT2D eigenvalue weighted by Crippen LogP contribution is 2.19. The molecule has 2 heterocycles. The van der Waals surface area contributed by atoms with Gasteiger partial charge in [0.25, 0.3) is 5.91 Å². The van der Waals surface area contributed by atoms with E-state index in [1.54, 1.807) is 35.6 Å². The van der Waals surface area contributed by atoms with Crippen LogP contribution in [0.3, 0.4) is 0 Å². The molecule has 162 valence electrons. The van der Waals surface area contributed by atoms with E-state index in [1.807, 2.05) is 26.0 Å². The first-order valence-corrected chi connectivity index (χ1v) is 10.7. The standard InChI is InChI=1S/C23H25N3O4S/c1-15-12-20(16(2)26(15)10-9-19-4-3-11-31-19)21(27)14-30-18-7-5-17(6-8-18)23(29)25-13-22(24)28/h3-8,11-12H,9-10,13-14H2,1-2H3,(H2,24,28)(H,25,29). The zero-order valence-electron chi connectivity index (χ0n) is 17.5. The zero-order chi connectivity index (χ0) is 22.4. The van der Waals surface area contributed by atoms with Crippen molar-refractivity contribution in [3.8, 4) is 5.75 Å². The molecular weight excluding hydrogens is 414 g/mol. The number of primary amides is 1. The highest BCUT2D eigenvalue weighted by Gasteiger charge is 2.16. The number of amides is 2. The molecule has 2 aromatic heterocycles. The molecule has 0 atom stereocenters. The van der Waals surface area contributed by atoms with Crippen molar-refractivity contribution in [1.29, 1.82) is 0 Å². The maximum absolute atomic E-state index is 12.7. The topological polar surface area (TPSA) is 103 Å². The number of carbonyl (C=O) groups is 3. The van der Waals surface area contributed by atoms with Crippen LogP contribution in [0.15, 0.2) is 47.8 Å². The molecule has 7 nitrogen and oxygen atoms in total. The van der Waals surface area contributed by atoms with Crippen LogP contribution in [0.5, 0.6) is 5.75 Å². The summed E-state index contributed by atoms with van der Waals surface area (Å²) >= 11 is 1.73. The first-order chi connectivity index (χ1) is 14.8. The number of ether oxygens (including phenoxy) is 1. The third-order valence-electron chi connectivity index (χ3n) is 4.95. The number of aromatic nitrogens is 1. The molecule has 1 aromatic carbocycles. The van der Waals surface area contributed by atoms with Gasteiger partial charge in [-0.3, -0.25) is 14.4 Å². The van der Waals surface area contributed by atoms with Gasteiger partial charge in [-0.25, -0.2) is 0 Å². The second kappa shape index (κ2) is 10.1. The van der Waals surface area contributed by atoms with Gasteiger partial charge in [0.15, 0.2) is 6.61 Å². The molecule has 3 N–H and O–H groups in total. The minimum Gasteiger partial charge on any atom is -0.485 e. The number of rotatable bonds is 10. The summed E-state index contributed by atoms with van der Waals surface area (Å²) in [5, 5.41) is 4.48. The Balaban J connectivity index is 1.57. The number of hydrogen-bond donors (Lipinski definition) is 2. The van der Waals surface area contributed by atoms with E-state index in [2.05, 4.69) is 21.3 Å². The summed E-state index contributed by atoms with van der Waals surface area (Å²) < 4.78 is 7.77. The van der Waals surface area contributed by atoms with E-state index in [1.165, 1.54) is 4.88 Å². The Bertz CT molecular complexity index is 1070. The van der Waals surface area contributed by atoms with Crippen molar-refractivity contribution >= 4 is 28.9 Å². The zero-order valence-corrected chi connectivity index (χ0v) is 18.3. The molecule has 31 heavy (non-hydrogen) atoms. The van der Waals surface area contributed by atoms with Gasteiger partial charge in [0.2, 0.25) is 11.7 Å². The summed E-state index contributed by atoms with van der Waals surface area (Å²) in [6, 6.07) is 12.4. The van der Waals surface area contributed by atoms with Gasteiger partial charge < -0.3 is 20.4 Å². The number of hydrogen-bond acceptors (Lipinski definition) is 5. The molecule has 0 fully saturated rings. The SMILES string of the molecule is Cc1cc(C(=O)COc2ccc(C(=O)NCC(N)=O)cc2)c(C)n1CCc1cccs1. The van der Waals surface area contributed by atoms with Gasteiger partial charge in [-0.2, -0.15) is 0 Å². The van der Waals surface area contributed by atoms with Crippen molar-refractivity contribution in [1.82, 2.24) is 9.88 Å². The van der Waals surface area contributed by atoms with Crippen LogP contribution in [0.2, 0.25) is 0 Å². The second-order valence-electron chi connectivity index (χ2n) is 7.15. The van der Waals surface area contributed by atoms with Gasteiger partial charge in [0.1, 0.15) is 5.75 Å². The average Bonchev–Trinajstić information content (AvgIpc) is 3.37. The first kappa shape index (κ1) is 22.3. The molecule has 3 rings (SSSR count). The largest absolute Gasteiger partial charge is 0.485 e. The molecular formula is C23H25N3O4S. The van der Waals surface area contributed by atoms with E-state index in [-0.39, 0.29) is 18.9 Å². The van der Waals surface area contributed by atoms with E-state index in [4.69, 9.17) is 10.5 Å². The van der Waals surface area contributed by atoms with E-state index < -0.39 is 11.8 Å². The summed E-state index contributed by atoms with van der Waals surface area (Å²) in [6.07, 6.45) is 0.928. The number of thiophene rings is 1. The van der Waals surface area contributed by atoms with Crippen LogP contribution in [0.4, 0.5) is 0 Å². The Kier molecular flexibility index (Phi) is 7.25. The minimum atomic E-state index is -0.613. The number of carbonyl (C=O) groups excluding carboxylic acids is 3. The maximum atomic E-state index is 12.7. The van der Waals surface area contributed by atoms with Gasteiger partial charge >= 0.3 is 0 Å². The normalized spacial score (nSPS) is 10.6. The fourth-order valence-electron chi connectivity index (χ4n) is 3.30. The average molecular weight is 440 g/mol.